The Morgan fingerprint density at radius 3 is 2.67 bits per heavy atom. The minimum atomic E-state index is -0.172. The summed E-state index contributed by atoms with van der Waals surface area (Å²) in [4.78, 5) is 18.0. The number of hydrogen-bond acceptors (Lipinski definition) is 5. The molecule has 0 saturated carbocycles. The highest BCUT2D eigenvalue weighted by Gasteiger charge is 2.22. The van der Waals surface area contributed by atoms with Gasteiger partial charge in [0.15, 0.2) is 11.4 Å². The monoisotopic (exact) mass is 404 g/mol. The summed E-state index contributed by atoms with van der Waals surface area (Å²) in [5, 5.41) is 8.37. The van der Waals surface area contributed by atoms with E-state index >= 15 is 0 Å². The van der Waals surface area contributed by atoms with Crippen molar-refractivity contribution in [2.75, 3.05) is 7.11 Å². The van der Waals surface area contributed by atoms with Crippen LogP contribution in [0.3, 0.4) is 0 Å². The number of fused-ring (bicyclic) bond motifs is 1. The molecule has 0 radical (unpaired) electrons. The summed E-state index contributed by atoms with van der Waals surface area (Å²) in [5.74, 6) is 1.21. The Bertz CT molecular complexity index is 1180. The molecular weight excluding hydrogens is 380 g/mol. The third-order valence-corrected chi connectivity index (χ3v) is 5.22. The number of benzene rings is 1. The molecule has 3 heterocycles. The number of methoxy groups -OCH3 is 1. The van der Waals surface area contributed by atoms with Crippen molar-refractivity contribution >= 4 is 16.9 Å². The first kappa shape index (κ1) is 19.7. The highest BCUT2D eigenvalue weighted by Crippen LogP contribution is 2.28. The average molecular weight is 404 g/mol. The Morgan fingerprint density at radius 2 is 2.03 bits per heavy atom. The number of furan rings is 1. The Hall–Kier alpha value is -3.61. The number of pyridine rings is 1. The van der Waals surface area contributed by atoms with Crippen LogP contribution >= 0.6 is 0 Å². The van der Waals surface area contributed by atoms with Crippen molar-refractivity contribution in [3.8, 4) is 17.2 Å². The number of rotatable bonds is 6. The van der Waals surface area contributed by atoms with Gasteiger partial charge >= 0.3 is 0 Å². The van der Waals surface area contributed by atoms with Crippen LogP contribution in [0.2, 0.25) is 0 Å². The third-order valence-electron chi connectivity index (χ3n) is 5.22. The lowest BCUT2D eigenvalue weighted by atomic mass is 10.0. The van der Waals surface area contributed by atoms with E-state index in [4.69, 9.17) is 9.15 Å². The third kappa shape index (κ3) is 3.54. The van der Waals surface area contributed by atoms with Crippen molar-refractivity contribution in [2.24, 2.45) is 7.05 Å². The summed E-state index contributed by atoms with van der Waals surface area (Å²) >= 11 is 0. The van der Waals surface area contributed by atoms with E-state index < -0.39 is 0 Å². The van der Waals surface area contributed by atoms with Gasteiger partial charge in [0, 0.05) is 7.05 Å². The summed E-state index contributed by atoms with van der Waals surface area (Å²) in [7, 11) is 3.46. The van der Waals surface area contributed by atoms with Gasteiger partial charge in [-0.3, -0.25) is 9.48 Å². The highest BCUT2D eigenvalue weighted by atomic mass is 16.5. The SMILES string of the molecule is CCC(NC(=O)c1cc(-c2ccco2)nc2c1c(C)nn2C)c1ccc(OC)cc1. The van der Waals surface area contributed by atoms with Crippen LogP contribution < -0.4 is 10.1 Å². The topological polar surface area (TPSA) is 82.2 Å². The molecule has 30 heavy (non-hydrogen) atoms. The zero-order valence-corrected chi connectivity index (χ0v) is 17.5. The van der Waals surface area contributed by atoms with E-state index in [9.17, 15) is 4.79 Å². The molecule has 1 aromatic carbocycles. The van der Waals surface area contributed by atoms with E-state index in [-0.39, 0.29) is 11.9 Å². The van der Waals surface area contributed by atoms with E-state index in [1.54, 1.807) is 30.2 Å². The molecule has 154 valence electrons. The van der Waals surface area contributed by atoms with Crippen molar-refractivity contribution in [2.45, 2.75) is 26.3 Å². The second-order valence-electron chi connectivity index (χ2n) is 7.15. The summed E-state index contributed by atoms with van der Waals surface area (Å²) in [6.07, 6.45) is 2.34. The van der Waals surface area contributed by atoms with Crippen LogP contribution in [-0.4, -0.2) is 27.8 Å². The van der Waals surface area contributed by atoms with E-state index in [0.717, 1.165) is 28.8 Å². The average Bonchev–Trinajstić information content (AvgIpc) is 3.40. The molecule has 0 spiro atoms. The van der Waals surface area contributed by atoms with E-state index in [2.05, 4.69) is 15.4 Å². The molecule has 0 fully saturated rings. The zero-order chi connectivity index (χ0) is 21.3. The van der Waals surface area contributed by atoms with Gasteiger partial charge in [0.25, 0.3) is 5.91 Å². The number of aromatic nitrogens is 3. The van der Waals surface area contributed by atoms with Gasteiger partial charge in [-0.1, -0.05) is 19.1 Å². The molecule has 1 unspecified atom stereocenters. The normalized spacial score (nSPS) is 12.1. The van der Waals surface area contributed by atoms with Gasteiger partial charge in [-0.05, 0) is 49.2 Å². The van der Waals surface area contributed by atoms with Crippen LogP contribution in [0, 0.1) is 6.92 Å². The van der Waals surface area contributed by atoms with E-state index in [1.165, 1.54) is 0 Å². The Morgan fingerprint density at radius 1 is 1.27 bits per heavy atom. The fourth-order valence-electron chi connectivity index (χ4n) is 3.67. The minimum Gasteiger partial charge on any atom is -0.497 e. The fourth-order valence-corrected chi connectivity index (χ4v) is 3.67. The molecule has 7 nitrogen and oxygen atoms in total. The second kappa shape index (κ2) is 8.02. The summed E-state index contributed by atoms with van der Waals surface area (Å²) in [6.45, 7) is 3.93. The molecule has 0 aliphatic rings. The molecule has 1 atom stereocenters. The van der Waals surface area contributed by atoms with Crippen molar-refractivity contribution in [1.82, 2.24) is 20.1 Å². The van der Waals surface area contributed by atoms with Crippen molar-refractivity contribution < 1.29 is 13.9 Å². The minimum absolute atomic E-state index is 0.129. The van der Waals surface area contributed by atoms with E-state index in [1.807, 2.05) is 51.2 Å². The number of carbonyl (C=O) groups excluding carboxylic acids is 1. The van der Waals surface area contributed by atoms with Gasteiger partial charge < -0.3 is 14.5 Å². The molecule has 7 heteroatoms. The first-order valence-electron chi connectivity index (χ1n) is 9.84. The fraction of sp³-hybridized carbons (Fsp3) is 0.261. The van der Waals surface area contributed by atoms with E-state index in [0.29, 0.717) is 22.7 Å². The van der Waals surface area contributed by atoms with Crippen LogP contribution in [-0.2, 0) is 7.05 Å². The Kier molecular flexibility index (Phi) is 5.27. The van der Waals surface area contributed by atoms with Gasteiger partial charge in [-0.15, -0.1) is 0 Å². The van der Waals surface area contributed by atoms with Crippen molar-refractivity contribution in [3.05, 3.63) is 65.5 Å². The van der Waals surface area contributed by atoms with Gasteiger partial charge in [0.05, 0.1) is 36.1 Å². The standard InChI is InChI=1S/C23H24N4O3/c1-5-18(15-8-10-16(29-4)11-9-15)25-23(28)17-13-19(20-7-6-12-30-20)24-22-21(17)14(2)26-27(22)3/h6-13,18H,5H2,1-4H3,(H,25,28). The first-order chi connectivity index (χ1) is 14.5. The molecule has 0 aliphatic carbocycles. The largest absolute Gasteiger partial charge is 0.497 e. The summed E-state index contributed by atoms with van der Waals surface area (Å²) in [5.41, 5.74) is 3.55. The summed E-state index contributed by atoms with van der Waals surface area (Å²) < 4.78 is 12.4. The van der Waals surface area contributed by atoms with Gasteiger partial charge in [-0.2, -0.15) is 5.10 Å². The number of carbonyl (C=O) groups is 1. The lowest BCUT2D eigenvalue weighted by Crippen LogP contribution is -2.28. The van der Waals surface area contributed by atoms with Crippen LogP contribution in [0.5, 0.6) is 5.75 Å². The smallest absolute Gasteiger partial charge is 0.252 e. The van der Waals surface area contributed by atoms with Gasteiger partial charge in [0.1, 0.15) is 11.4 Å². The summed E-state index contributed by atoms with van der Waals surface area (Å²) in [6, 6.07) is 13.0. The number of amides is 1. The molecular formula is C23H24N4O3. The molecule has 0 bridgehead atoms. The molecule has 0 saturated heterocycles. The zero-order valence-electron chi connectivity index (χ0n) is 17.5. The Labute approximate surface area is 174 Å². The number of nitrogens with one attached hydrogen (secondary N) is 1. The molecule has 1 amide bonds. The second-order valence-corrected chi connectivity index (χ2v) is 7.15. The maximum atomic E-state index is 13.4. The van der Waals surface area contributed by atoms with Gasteiger partial charge in [-0.25, -0.2) is 4.98 Å². The first-order valence-corrected chi connectivity index (χ1v) is 9.84. The lowest BCUT2D eigenvalue weighted by molar-refractivity contribution is 0.0937. The molecule has 3 aromatic heterocycles. The molecule has 4 rings (SSSR count). The number of nitrogens with zero attached hydrogens (tertiary/aromatic N) is 3. The highest BCUT2D eigenvalue weighted by molar-refractivity contribution is 6.07. The maximum Gasteiger partial charge on any atom is 0.252 e. The van der Waals surface area contributed by atoms with Crippen LogP contribution in [0.25, 0.3) is 22.5 Å². The predicted molar refractivity (Wildman–Crippen MR) is 114 cm³/mol. The van der Waals surface area contributed by atoms with Crippen LogP contribution in [0.15, 0.2) is 53.1 Å². The number of aryl methyl sites for hydroxylation is 2. The Balaban J connectivity index is 1.74. The van der Waals surface area contributed by atoms with Crippen LogP contribution in [0.1, 0.15) is 41.0 Å². The molecule has 1 N–H and O–H groups in total. The van der Waals surface area contributed by atoms with Crippen LogP contribution in [0.4, 0.5) is 0 Å². The number of hydrogen-bond donors (Lipinski definition) is 1. The predicted octanol–water partition coefficient (Wildman–Crippen LogP) is 4.43. The number of ether oxygens (including phenoxy) is 1. The van der Waals surface area contributed by atoms with Crippen molar-refractivity contribution in [1.29, 1.82) is 0 Å². The lowest BCUT2D eigenvalue weighted by Gasteiger charge is -2.18. The van der Waals surface area contributed by atoms with Gasteiger partial charge in [0.2, 0.25) is 0 Å². The van der Waals surface area contributed by atoms with Crippen molar-refractivity contribution in [3.63, 3.8) is 0 Å². The quantitative estimate of drug-likeness (QED) is 0.514. The maximum absolute atomic E-state index is 13.4. The molecule has 4 aromatic rings. The molecule has 0 aliphatic heterocycles.